The van der Waals surface area contributed by atoms with Crippen LogP contribution >= 0.6 is 11.8 Å². The summed E-state index contributed by atoms with van der Waals surface area (Å²) in [5.74, 6) is -0.644. The number of hydrogen-bond donors (Lipinski definition) is 1. The smallest absolute Gasteiger partial charge is 0.265 e. The molecule has 33 heavy (non-hydrogen) atoms. The van der Waals surface area contributed by atoms with Gasteiger partial charge in [0.15, 0.2) is 0 Å². The van der Waals surface area contributed by atoms with E-state index in [1.807, 2.05) is 25.1 Å². The molecule has 0 unspecified atom stereocenters. The lowest BCUT2D eigenvalue weighted by Gasteiger charge is -2.19. The number of nitriles is 1. The van der Waals surface area contributed by atoms with Gasteiger partial charge in [-0.15, -0.1) is 0 Å². The molecular formula is C25H20FN3O3S. The second-order valence-corrected chi connectivity index (χ2v) is 8.69. The lowest BCUT2D eigenvalue weighted by molar-refractivity contribution is -0.117. The lowest BCUT2D eigenvalue weighted by atomic mass is 10.1. The van der Waals surface area contributed by atoms with Gasteiger partial charge in [0.25, 0.3) is 5.91 Å². The fourth-order valence-electron chi connectivity index (χ4n) is 3.42. The van der Waals surface area contributed by atoms with Crippen LogP contribution in [-0.2, 0) is 22.6 Å². The van der Waals surface area contributed by atoms with Gasteiger partial charge in [-0.05, 0) is 55.3 Å². The summed E-state index contributed by atoms with van der Waals surface area (Å²) in [6.45, 7) is 2.05. The monoisotopic (exact) mass is 461 g/mol. The standard InChI is InChI=1S/C25H20FN3O3S/c1-16-4-10-19(11-5-16)29-24(31)22(13-17-6-8-18(26)9-7-17)33-25(29)21(14-27)23(30)28-15-20-3-2-12-32-20/h2-12,22H,13,15H2,1H3,(H,28,30)/b25-21-/t22-/m0/s1. The van der Waals surface area contributed by atoms with Gasteiger partial charge in [0.1, 0.15) is 28.2 Å². The zero-order chi connectivity index (χ0) is 23.4. The van der Waals surface area contributed by atoms with Crippen molar-refractivity contribution in [3.05, 3.63) is 100 Å². The topological polar surface area (TPSA) is 86.3 Å². The van der Waals surface area contributed by atoms with Crippen LogP contribution in [0.4, 0.5) is 10.1 Å². The minimum absolute atomic E-state index is 0.118. The van der Waals surface area contributed by atoms with Crippen molar-refractivity contribution in [1.29, 1.82) is 5.26 Å². The van der Waals surface area contributed by atoms with E-state index < -0.39 is 11.2 Å². The maximum atomic E-state index is 13.4. The van der Waals surface area contributed by atoms with E-state index in [9.17, 15) is 19.2 Å². The molecule has 0 bridgehead atoms. The Morgan fingerprint density at radius 1 is 1.18 bits per heavy atom. The quantitative estimate of drug-likeness (QED) is 0.432. The summed E-state index contributed by atoms with van der Waals surface area (Å²) in [5.41, 5.74) is 2.22. The largest absolute Gasteiger partial charge is 0.467 e. The van der Waals surface area contributed by atoms with Crippen LogP contribution in [0.1, 0.15) is 16.9 Å². The van der Waals surface area contributed by atoms with Gasteiger partial charge in [-0.3, -0.25) is 14.5 Å². The van der Waals surface area contributed by atoms with E-state index in [-0.39, 0.29) is 28.9 Å². The Balaban J connectivity index is 1.67. The molecule has 0 saturated carbocycles. The molecule has 8 heteroatoms. The molecule has 1 atom stereocenters. The number of halogens is 1. The van der Waals surface area contributed by atoms with Gasteiger partial charge in [0.2, 0.25) is 5.91 Å². The minimum Gasteiger partial charge on any atom is -0.467 e. The van der Waals surface area contributed by atoms with E-state index >= 15 is 0 Å². The average Bonchev–Trinajstić information content (AvgIpc) is 3.44. The van der Waals surface area contributed by atoms with Crippen molar-refractivity contribution in [2.24, 2.45) is 0 Å². The first kappa shape index (κ1) is 22.4. The van der Waals surface area contributed by atoms with Gasteiger partial charge < -0.3 is 9.73 Å². The Morgan fingerprint density at radius 3 is 2.55 bits per heavy atom. The molecule has 1 saturated heterocycles. The van der Waals surface area contributed by atoms with Crippen molar-refractivity contribution in [2.75, 3.05) is 4.90 Å². The van der Waals surface area contributed by atoms with E-state index in [0.717, 1.165) is 22.9 Å². The van der Waals surface area contributed by atoms with Crippen molar-refractivity contribution in [3.8, 4) is 6.07 Å². The van der Waals surface area contributed by atoms with Crippen LogP contribution in [0.25, 0.3) is 0 Å². The Morgan fingerprint density at radius 2 is 1.91 bits per heavy atom. The number of benzene rings is 2. The average molecular weight is 462 g/mol. The number of furan rings is 1. The zero-order valence-corrected chi connectivity index (χ0v) is 18.6. The third-order valence-electron chi connectivity index (χ3n) is 5.14. The number of nitrogens with one attached hydrogen (secondary N) is 1. The fraction of sp³-hybridized carbons (Fsp3) is 0.160. The first-order valence-electron chi connectivity index (χ1n) is 10.2. The van der Waals surface area contributed by atoms with E-state index in [0.29, 0.717) is 17.9 Å². The molecular weight excluding hydrogens is 441 g/mol. The van der Waals surface area contributed by atoms with Crippen molar-refractivity contribution in [3.63, 3.8) is 0 Å². The Hall–Kier alpha value is -3.83. The molecule has 0 spiro atoms. The van der Waals surface area contributed by atoms with Crippen molar-refractivity contribution in [2.45, 2.75) is 25.1 Å². The summed E-state index contributed by atoms with van der Waals surface area (Å²) in [6, 6.07) is 18.6. The molecule has 2 amide bonds. The molecule has 1 aromatic heterocycles. The number of aryl methyl sites for hydroxylation is 1. The lowest BCUT2D eigenvalue weighted by Crippen LogP contribution is -2.32. The summed E-state index contributed by atoms with van der Waals surface area (Å²) < 4.78 is 18.5. The molecule has 1 aliphatic rings. The highest BCUT2D eigenvalue weighted by molar-refractivity contribution is 8.05. The van der Waals surface area contributed by atoms with Gasteiger partial charge in [-0.1, -0.05) is 41.6 Å². The third-order valence-corrected chi connectivity index (χ3v) is 6.40. The minimum atomic E-state index is -0.594. The first-order valence-corrected chi connectivity index (χ1v) is 11.1. The van der Waals surface area contributed by atoms with Gasteiger partial charge in [0.05, 0.1) is 18.1 Å². The van der Waals surface area contributed by atoms with E-state index in [1.165, 1.54) is 23.3 Å². The molecule has 166 valence electrons. The molecule has 6 nitrogen and oxygen atoms in total. The summed E-state index contributed by atoms with van der Waals surface area (Å²) in [4.78, 5) is 27.7. The van der Waals surface area contributed by atoms with Crippen LogP contribution in [0.5, 0.6) is 0 Å². The molecule has 2 heterocycles. The molecule has 0 aliphatic carbocycles. The summed E-state index contributed by atoms with van der Waals surface area (Å²) in [6.07, 6.45) is 1.83. The predicted molar refractivity (Wildman–Crippen MR) is 123 cm³/mol. The SMILES string of the molecule is Cc1ccc(N2C(=O)[C@H](Cc3ccc(F)cc3)S/C2=C(/C#N)C(=O)NCc2ccco2)cc1. The highest BCUT2D eigenvalue weighted by Gasteiger charge is 2.40. The Bertz CT molecular complexity index is 1230. The molecule has 1 N–H and O–H groups in total. The van der Waals surface area contributed by atoms with Crippen molar-refractivity contribution >= 4 is 29.3 Å². The van der Waals surface area contributed by atoms with Crippen molar-refractivity contribution < 1.29 is 18.4 Å². The maximum Gasteiger partial charge on any atom is 0.265 e. The van der Waals surface area contributed by atoms with Gasteiger partial charge in [0, 0.05) is 5.69 Å². The summed E-state index contributed by atoms with van der Waals surface area (Å²) in [7, 11) is 0. The van der Waals surface area contributed by atoms with E-state index in [2.05, 4.69) is 5.32 Å². The zero-order valence-electron chi connectivity index (χ0n) is 17.7. The first-order chi connectivity index (χ1) is 16.0. The fourth-order valence-corrected chi connectivity index (χ4v) is 4.73. The number of thioether (sulfide) groups is 1. The van der Waals surface area contributed by atoms with Crippen LogP contribution in [0, 0.1) is 24.1 Å². The number of hydrogen-bond acceptors (Lipinski definition) is 5. The van der Waals surface area contributed by atoms with Crippen LogP contribution in [0.15, 0.2) is 81.9 Å². The van der Waals surface area contributed by atoms with Crippen LogP contribution in [0.2, 0.25) is 0 Å². The van der Waals surface area contributed by atoms with Gasteiger partial charge in [-0.2, -0.15) is 5.26 Å². The highest BCUT2D eigenvalue weighted by Crippen LogP contribution is 2.42. The number of rotatable bonds is 6. The van der Waals surface area contributed by atoms with E-state index in [4.69, 9.17) is 4.42 Å². The Kier molecular flexibility index (Phi) is 6.61. The Labute approximate surface area is 194 Å². The number of carbonyl (C=O) groups excluding carboxylic acids is 2. The van der Waals surface area contributed by atoms with Crippen LogP contribution < -0.4 is 10.2 Å². The van der Waals surface area contributed by atoms with E-state index in [1.54, 1.807) is 36.4 Å². The second-order valence-electron chi connectivity index (χ2n) is 7.50. The molecule has 1 fully saturated rings. The normalized spacial score (nSPS) is 17.1. The predicted octanol–water partition coefficient (Wildman–Crippen LogP) is 4.47. The number of carbonyl (C=O) groups is 2. The van der Waals surface area contributed by atoms with Crippen molar-refractivity contribution in [1.82, 2.24) is 5.32 Å². The molecule has 1 aliphatic heterocycles. The van der Waals surface area contributed by atoms with Crippen LogP contribution in [-0.4, -0.2) is 17.1 Å². The third kappa shape index (κ3) is 4.99. The molecule has 3 aromatic rings. The summed E-state index contributed by atoms with van der Waals surface area (Å²) >= 11 is 1.16. The second kappa shape index (κ2) is 9.76. The molecule has 2 aromatic carbocycles. The number of amides is 2. The van der Waals surface area contributed by atoms with Gasteiger partial charge in [-0.25, -0.2) is 4.39 Å². The number of nitrogens with zero attached hydrogens (tertiary/aromatic N) is 2. The number of anilines is 1. The summed E-state index contributed by atoms with van der Waals surface area (Å²) in [5, 5.41) is 12.2. The van der Waals surface area contributed by atoms with Crippen LogP contribution in [0.3, 0.4) is 0 Å². The molecule has 4 rings (SSSR count). The maximum absolute atomic E-state index is 13.4. The van der Waals surface area contributed by atoms with Gasteiger partial charge >= 0.3 is 0 Å². The highest BCUT2D eigenvalue weighted by atomic mass is 32.2. The molecule has 0 radical (unpaired) electrons.